The molecule has 168 valence electrons. The predicted molar refractivity (Wildman–Crippen MR) is 112 cm³/mol. The second-order valence-corrected chi connectivity index (χ2v) is 8.23. The van der Waals surface area contributed by atoms with Crippen molar-refractivity contribution < 1.29 is 28.5 Å². The van der Waals surface area contributed by atoms with Crippen LogP contribution in [0, 0.1) is 11.8 Å². The summed E-state index contributed by atoms with van der Waals surface area (Å²) in [6.45, 7) is 11.8. The Balaban J connectivity index is 2.01. The first-order valence-electron chi connectivity index (χ1n) is 10.5. The van der Waals surface area contributed by atoms with Gasteiger partial charge in [-0.3, -0.25) is 4.79 Å². The maximum atomic E-state index is 12.8. The van der Waals surface area contributed by atoms with Gasteiger partial charge in [0.05, 0.1) is 0 Å². The summed E-state index contributed by atoms with van der Waals surface area (Å²) in [5.74, 6) is 0.570. The van der Waals surface area contributed by atoms with Gasteiger partial charge in [-0.25, -0.2) is 4.79 Å². The molecule has 1 aliphatic heterocycles. The van der Waals surface area contributed by atoms with Crippen LogP contribution < -0.4 is 15.2 Å². The van der Waals surface area contributed by atoms with Crippen molar-refractivity contribution in [3.8, 4) is 11.5 Å². The van der Waals surface area contributed by atoms with Crippen LogP contribution in [-0.4, -0.2) is 48.7 Å². The van der Waals surface area contributed by atoms with E-state index in [0.29, 0.717) is 18.7 Å². The highest BCUT2D eigenvalue weighted by Crippen LogP contribution is 2.33. The van der Waals surface area contributed by atoms with E-state index in [1.807, 2.05) is 59.7 Å². The molecule has 0 fully saturated rings. The van der Waals surface area contributed by atoms with E-state index in [4.69, 9.17) is 24.7 Å². The molecule has 0 saturated carbocycles. The van der Waals surface area contributed by atoms with Crippen molar-refractivity contribution in [3.63, 3.8) is 0 Å². The number of carbonyl (C=O) groups is 2. The van der Waals surface area contributed by atoms with Crippen molar-refractivity contribution in [2.45, 2.75) is 66.3 Å². The van der Waals surface area contributed by atoms with Crippen LogP contribution in [0.5, 0.6) is 11.5 Å². The molecule has 2 unspecified atom stereocenters. The summed E-state index contributed by atoms with van der Waals surface area (Å²) in [6, 6.07) is 4.84. The number of amides is 1. The van der Waals surface area contributed by atoms with Gasteiger partial charge in [0.15, 0.2) is 11.5 Å². The molecule has 0 saturated heterocycles. The largest absolute Gasteiger partial charge is 0.454 e. The van der Waals surface area contributed by atoms with Crippen molar-refractivity contribution in [1.29, 1.82) is 0 Å². The molecule has 1 amide bonds. The third-order valence-electron chi connectivity index (χ3n) is 5.06. The van der Waals surface area contributed by atoms with Gasteiger partial charge in [-0.2, -0.15) is 0 Å². The van der Waals surface area contributed by atoms with Crippen LogP contribution in [0.3, 0.4) is 0 Å². The van der Waals surface area contributed by atoms with Crippen LogP contribution in [0.25, 0.3) is 0 Å². The summed E-state index contributed by atoms with van der Waals surface area (Å²) in [4.78, 5) is 26.7. The molecule has 3 atom stereocenters. The average molecular weight is 423 g/mol. The van der Waals surface area contributed by atoms with E-state index in [2.05, 4.69) is 0 Å². The van der Waals surface area contributed by atoms with Gasteiger partial charge in [0.25, 0.3) is 6.29 Å². The van der Waals surface area contributed by atoms with Crippen LogP contribution in [0.4, 0.5) is 4.79 Å². The zero-order valence-electron chi connectivity index (χ0n) is 18.7. The third-order valence-corrected chi connectivity index (χ3v) is 5.06. The summed E-state index contributed by atoms with van der Waals surface area (Å²) < 4.78 is 21.7. The molecule has 1 heterocycles. The zero-order valence-corrected chi connectivity index (χ0v) is 18.7. The number of nitrogens with two attached hydrogens (primary N) is 1. The lowest BCUT2D eigenvalue weighted by Gasteiger charge is -2.31. The lowest BCUT2D eigenvalue weighted by molar-refractivity contribution is -0.179. The van der Waals surface area contributed by atoms with Crippen LogP contribution >= 0.6 is 0 Å². The quantitative estimate of drug-likeness (QED) is 0.481. The van der Waals surface area contributed by atoms with Crippen molar-refractivity contribution >= 4 is 12.1 Å². The van der Waals surface area contributed by atoms with Crippen LogP contribution in [0.2, 0.25) is 0 Å². The Labute approximate surface area is 178 Å². The summed E-state index contributed by atoms with van der Waals surface area (Å²) >= 11 is 0. The Kier molecular flexibility index (Phi) is 8.34. The minimum Gasteiger partial charge on any atom is -0.454 e. The topological polar surface area (TPSA) is 100 Å². The predicted octanol–water partition coefficient (Wildman–Crippen LogP) is 3.31. The number of nitrogens with zero attached hydrogens (tertiary/aromatic N) is 1. The number of carbonyl (C=O) groups excluding carboxylic acids is 2. The van der Waals surface area contributed by atoms with E-state index in [-0.39, 0.29) is 24.7 Å². The van der Waals surface area contributed by atoms with Crippen LogP contribution in [0.1, 0.15) is 47.1 Å². The molecule has 0 aliphatic carbocycles. The Morgan fingerprint density at radius 3 is 2.33 bits per heavy atom. The molecule has 1 aromatic carbocycles. The van der Waals surface area contributed by atoms with Crippen molar-refractivity contribution in [3.05, 3.63) is 23.8 Å². The molecule has 2 rings (SSSR count). The van der Waals surface area contributed by atoms with Crippen LogP contribution in [-0.2, 0) is 20.7 Å². The summed E-state index contributed by atoms with van der Waals surface area (Å²) in [6.07, 6.45) is -0.916. The lowest BCUT2D eigenvalue weighted by atomic mass is 10.1. The highest BCUT2D eigenvalue weighted by atomic mass is 16.7. The van der Waals surface area contributed by atoms with E-state index in [1.165, 1.54) is 0 Å². The maximum Gasteiger partial charge on any atom is 0.413 e. The highest BCUT2D eigenvalue weighted by Gasteiger charge is 2.30. The molecule has 1 aromatic rings. The summed E-state index contributed by atoms with van der Waals surface area (Å²) in [5.41, 5.74) is 6.87. The number of ether oxygens (including phenoxy) is 4. The van der Waals surface area contributed by atoms with Gasteiger partial charge in [-0.05, 0) is 43.9 Å². The first-order chi connectivity index (χ1) is 14.1. The second kappa shape index (κ2) is 10.5. The Morgan fingerprint density at radius 1 is 1.07 bits per heavy atom. The number of fused-ring (bicyclic) bond motifs is 1. The SMILES string of the molecule is CCN(C(=O)OC(OC(=O)[C@@H](N)C(C)C)C(C)C)C(C)Cc1ccc2c(c1)OCO2. The third kappa shape index (κ3) is 6.01. The molecule has 2 N–H and O–H groups in total. The van der Waals surface area contributed by atoms with E-state index >= 15 is 0 Å². The van der Waals surface area contributed by atoms with Gasteiger partial charge in [0.2, 0.25) is 6.79 Å². The monoisotopic (exact) mass is 422 g/mol. The number of likely N-dealkylation sites (N-methyl/N-ethyl adjacent to an activating group) is 1. The molecule has 0 spiro atoms. The lowest BCUT2D eigenvalue weighted by Crippen LogP contribution is -2.45. The molecular formula is C22H34N2O6. The average Bonchev–Trinajstić information content (AvgIpc) is 3.14. The van der Waals surface area contributed by atoms with Gasteiger partial charge in [0, 0.05) is 18.5 Å². The molecule has 1 aliphatic rings. The number of hydrogen-bond acceptors (Lipinski definition) is 7. The summed E-state index contributed by atoms with van der Waals surface area (Å²) in [7, 11) is 0. The first kappa shape index (κ1) is 23.8. The van der Waals surface area contributed by atoms with Gasteiger partial charge in [-0.1, -0.05) is 33.8 Å². The number of hydrogen-bond donors (Lipinski definition) is 1. The number of rotatable bonds is 9. The minimum atomic E-state index is -0.999. The fourth-order valence-electron chi connectivity index (χ4n) is 3.07. The standard InChI is InChI=1S/C22H34N2O6/c1-7-24(15(6)10-16-8-9-17-18(11-16)28-12-27-17)22(26)30-21(14(4)5)29-20(25)19(23)13(2)3/h8-9,11,13-15,19,21H,7,10,12,23H2,1-6H3/t15?,19-,21?/m0/s1. The Hall–Kier alpha value is -2.48. The zero-order chi connectivity index (χ0) is 22.4. The van der Waals surface area contributed by atoms with E-state index in [0.717, 1.165) is 11.3 Å². The second-order valence-electron chi connectivity index (χ2n) is 8.23. The van der Waals surface area contributed by atoms with Crippen molar-refractivity contribution in [2.24, 2.45) is 17.6 Å². The molecule has 30 heavy (non-hydrogen) atoms. The molecular weight excluding hydrogens is 388 g/mol. The van der Waals surface area contributed by atoms with Crippen molar-refractivity contribution in [2.75, 3.05) is 13.3 Å². The van der Waals surface area contributed by atoms with Gasteiger partial charge >= 0.3 is 12.1 Å². The van der Waals surface area contributed by atoms with Gasteiger partial charge in [-0.15, -0.1) is 0 Å². The minimum absolute atomic E-state index is 0.0742. The molecule has 8 heteroatoms. The van der Waals surface area contributed by atoms with Crippen molar-refractivity contribution in [1.82, 2.24) is 4.90 Å². The normalized spacial score (nSPS) is 15.6. The van der Waals surface area contributed by atoms with E-state index in [1.54, 1.807) is 4.90 Å². The highest BCUT2D eigenvalue weighted by molar-refractivity contribution is 5.76. The van der Waals surface area contributed by atoms with E-state index < -0.39 is 24.4 Å². The maximum absolute atomic E-state index is 12.8. The number of esters is 1. The molecule has 8 nitrogen and oxygen atoms in total. The summed E-state index contributed by atoms with van der Waals surface area (Å²) in [5, 5.41) is 0. The van der Waals surface area contributed by atoms with Crippen LogP contribution in [0.15, 0.2) is 18.2 Å². The fourth-order valence-corrected chi connectivity index (χ4v) is 3.07. The number of benzene rings is 1. The van der Waals surface area contributed by atoms with E-state index in [9.17, 15) is 9.59 Å². The molecule has 0 aromatic heterocycles. The molecule has 0 bridgehead atoms. The fraction of sp³-hybridized carbons (Fsp3) is 0.636. The Morgan fingerprint density at radius 2 is 1.73 bits per heavy atom. The molecule has 0 radical (unpaired) electrons. The van der Waals surface area contributed by atoms with Gasteiger partial charge < -0.3 is 29.6 Å². The smallest absolute Gasteiger partial charge is 0.413 e. The first-order valence-corrected chi connectivity index (χ1v) is 10.5. The van der Waals surface area contributed by atoms with Gasteiger partial charge in [0.1, 0.15) is 6.04 Å². The Bertz CT molecular complexity index is 736.